The Morgan fingerprint density at radius 1 is 1.07 bits per heavy atom. The Morgan fingerprint density at radius 2 is 1.78 bits per heavy atom. The molecule has 0 fully saturated rings. The van der Waals surface area contributed by atoms with Crippen molar-refractivity contribution in [3.63, 3.8) is 0 Å². The molecule has 0 saturated carbocycles. The van der Waals surface area contributed by atoms with E-state index in [1.54, 1.807) is 11.1 Å². The SMILES string of the molecule is CN(Cc1ccnc2ccccc12)C(=O)c1ccc(CCC(C)(C)O)cc1. The molecule has 3 aromatic rings. The molecule has 2 aromatic carbocycles. The van der Waals surface area contributed by atoms with Crippen LogP contribution in [0, 0.1) is 0 Å². The number of carbonyl (C=O) groups excluding carboxylic acids is 1. The van der Waals surface area contributed by atoms with E-state index in [-0.39, 0.29) is 5.91 Å². The van der Waals surface area contributed by atoms with Crippen LogP contribution in [0.5, 0.6) is 0 Å². The highest BCUT2D eigenvalue weighted by Gasteiger charge is 2.15. The van der Waals surface area contributed by atoms with Gasteiger partial charge in [0.1, 0.15) is 0 Å². The van der Waals surface area contributed by atoms with Gasteiger partial charge in [0.05, 0.1) is 11.1 Å². The molecule has 0 aliphatic heterocycles. The molecule has 1 N–H and O–H groups in total. The number of aryl methyl sites for hydroxylation is 1. The number of fused-ring (bicyclic) bond motifs is 1. The number of nitrogens with zero attached hydrogens (tertiary/aromatic N) is 2. The molecule has 1 heterocycles. The maximum absolute atomic E-state index is 12.8. The number of aliphatic hydroxyl groups is 1. The van der Waals surface area contributed by atoms with Crippen LogP contribution in [0.15, 0.2) is 60.8 Å². The highest BCUT2D eigenvalue weighted by molar-refractivity contribution is 5.94. The van der Waals surface area contributed by atoms with Gasteiger partial charge in [-0.3, -0.25) is 9.78 Å². The number of para-hydroxylation sites is 1. The molecule has 3 rings (SSSR count). The molecule has 27 heavy (non-hydrogen) atoms. The third-order valence-electron chi connectivity index (χ3n) is 4.72. The number of benzene rings is 2. The van der Waals surface area contributed by atoms with Gasteiger partial charge in [0.25, 0.3) is 5.91 Å². The zero-order valence-corrected chi connectivity index (χ0v) is 16.1. The Hall–Kier alpha value is -2.72. The first-order chi connectivity index (χ1) is 12.8. The van der Waals surface area contributed by atoms with Crippen molar-refractivity contribution in [3.05, 3.63) is 77.5 Å². The summed E-state index contributed by atoms with van der Waals surface area (Å²) in [7, 11) is 1.82. The van der Waals surface area contributed by atoms with Crippen molar-refractivity contribution >= 4 is 16.8 Å². The molecular formula is C23H26N2O2. The molecular weight excluding hydrogens is 336 g/mol. The van der Waals surface area contributed by atoms with Gasteiger partial charge in [0, 0.05) is 30.7 Å². The number of pyridine rings is 1. The minimum absolute atomic E-state index is 0.00932. The van der Waals surface area contributed by atoms with Crippen LogP contribution in [0.25, 0.3) is 10.9 Å². The number of aromatic nitrogens is 1. The Kier molecular flexibility index (Phi) is 5.57. The van der Waals surface area contributed by atoms with E-state index in [2.05, 4.69) is 4.98 Å². The first-order valence-corrected chi connectivity index (χ1v) is 9.23. The van der Waals surface area contributed by atoms with Gasteiger partial charge in [-0.1, -0.05) is 30.3 Å². The summed E-state index contributed by atoms with van der Waals surface area (Å²) in [5.74, 6) is -0.00932. The fraction of sp³-hybridized carbons (Fsp3) is 0.304. The van der Waals surface area contributed by atoms with E-state index >= 15 is 0 Å². The normalized spacial score (nSPS) is 11.6. The third-order valence-corrected chi connectivity index (χ3v) is 4.72. The third kappa shape index (κ3) is 4.92. The van der Waals surface area contributed by atoms with Crippen LogP contribution in [0.1, 0.15) is 41.8 Å². The molecule has 0 aliphatic carbocycles. The second-order valence-electron chi connectivity index (χ2n) is 7.66. The van der Waals surface area contributed by atoms with Gasteiger partial charge in [-0.25, -0.2) is 0 Å². The Labute approximate surface area is 160 Å². The van der Waals surface area contributed by atoms with Gasteiger partial charge < -0.3 is 10.0 Å². The molecule has 0 saturated heterocycles. The lowest BCUT2D eigenvalue weighted by atomic mass is 9.98. The molecule has 0 radical (unpaired) electrons. The lowest BCUT2D eigenvalue weighted by Gasteiger charge is -2.19. The second kappa shape index (κ2) is 7.89. The molecule has 1 amide bonds. The van der Waals surface area contributed by atoms with Crippen LogP contribution in [-0.4, -0.2) is 33.5 Å². The Morgan fingerprint density at radius 3 is 2.48 bits per heavy atom. The monoisotopic (exact) mass is 362 g/mol. The van der Waals surface area contributed by atoms with Crippen LogP contribution in [0.2, 0.25) is 0 Å². The van der Waals surface area contributed by atoms with E-state index in [1.165, 1.54) is 0 Å². The molecule has 0 unspecified atom stereocenters. The highest BCUT2D eigenvalue weighted by Crippen LogP contribution is 2.19. The molecule has 1 aromatic heterocycles. The smallest absolute Gasteiger partial charge is 0.253 e. The molecule has 0 spiro atoms. The van der Waals surface area contributed by atoms with Crippen molar-refractivity contribution in [2.75, 3.05) is 7.05 Å². The number of hydrogen-bond donors (Lipinski definition) is 1. The Balaban J connectivity index is 1.70. The van der Waals surface area contributed by atoms with Crippen molar-refractivity contribution < 1.29 is 9.90 Å². The van der Waals surface area contributed by atoms with Gasteiger partial charge in [-0.2, -0.15) is 0 Å². The molecule has 0 aliphatic rings. The number of carbonyl (C=O) groups is 1. The van der Waals surface area contributed by atoms with Gasteiger partial charge in [0.2, 0.25) is 0 Å². The van der Waals surface area contributed by atoms with Gasteiger partial charge >= 0.3 is 0 Å². The summed E-state index contributed by atoms with van der Waals surface area (Å²) in [4.78, 5) is 18.9. The van der Waals surface area contributed by atoms with E-state index in [0.717, 1.165) is 28.5 Å². The summed E-state index contributed by atoms with van der Waals surface area (Å²) < 4.78 is 0. The summed E-state index contributed by atoms with van der Waals surface area (Å²) in [5.41, 5.74) is 3.13. The highest BCUT2D eigenvalue weighted by atomic mass is 16.3. The first kappa shape index (κ1) is 19.1. The zero-order valence-electron chi connectivity index (χ0n) is 16.1. The molecule has 4 heteroatoms. The molecule has 0 atom stereocenters. The summed E-state index contributed by atoms with van der Waals surface area (Å²) in [5, 5.41) is 10.9. The Bertz CT molecular complexity index is 922. The summed E-state index contributed by atoms with van der Waals surface area (Å²) >= 11 is 0. The number of rotatable bonds is 6. The zero-order chi connectivity index (χ0) is 19.4. The van der Waals surface area contributed by atoms with Crippen LogP contribution in [0.4, 0.5) is 0 Å². The molecule has 4 nitrogen and oxygen atoms in total. The van der Waals surface area contributed by atoms with Crippen molar-refractivity contribution in [1.82, 2.24) is 9.88 Å². The van der Waals surface area contributed by atoms with E-state index in [1.807, 2.05) is 75.5 Å². The van der Waals surface area contributed by atoms with E-state index < -0.39 is 5.60 Å². The molecule has 0 bridgehead atoms. The standard InChI is InChI=1S/C23H26N2O2/c1-23(2,27)14-12-17-8-10-18(11-9-17)22(26)25(3)16-19-13-15-24-21-7-5-4-6-20(19)21/h4-11,13,15,27H,12,14,16H2,1-3H3. The average Bonchev–Trinajstić information content (AvgIpc) is 2.66. The molecule has 140 valence electrons. The largest absolute Gasteiger partial charge is 0.390 e. The summed E-state index contributed by atoms with van der Waals surface area (Å²) in [6.45, 7) is 4.15. The average molecular weight is 362 g/mol. The van der Waals surface area contributed by atoms with Crippen molar-refractivity contribution in [1.29, 1.82) is 0 Å². The van der Waals surface area contributed by atoms with Crippen LogP contribution in [0.3, 0.4) is 0 Å². The van der Waals surface area contributed by atoms with Gasteiger partial charge in [0.15, 0.2) is 0 Å². The number of amides is 1. The quantitative estimate of drug-likeness (QED) is 0.715. The topological polar surface area (TPSA) is 53.4 Å². The van der Waals surface area contributed by atoms with Crippen LogP contribution >= 0.6 is 0 Å². The second-order valence-corrected chi connectivity index (χ2v) is 7.66. The summed E-state index contributed by atoms with van der Waals surface area (Å²) in [6, 6.07) is 17.6. The fourth-order valence-electron chi connectivity index (χ4n) is 3.10. The van der Waals surface area contributed by atoms with Crippen molar-refractivity contribution in [3.8, 4) is 0 Å². The predicted molar refractivity (Wildman–Crippen MR) is 109 cm³/mol. The lowest BCUT2D eigenvalue weighted by molar-refractivity contribution is 0.0713. The van der Waals surface area contributed by atoms with Gasteiger partial charge in [-0.15, -0.1) is 0 Å². The maximum Gasteiger partial charge on any atom is 0.253 e. The van der Waals surface area contributed by atoms with Crippen LogP contribution < -0.4 is 0 Å². The number of hydrogen-bond acceptors (Lipinski definition) is 3. The fourth-order valence-corrected chi connectivity index (χ4v) is 3.10. The van der Waals surface area contributed by atoms with Crippen molar-refractivity contribution in [2.24, 2.45) is 0 Å². The lowest BCUT2D eigenvalue weighted by Crippen LogP contribution is -2.26. The maximum atomic E-state index is 12.8. The van der Waals surface area contributed by atoms with Gasteiger partial charge in [-0.05, 0) is 62.1 Å². The van der Waals surface area contributed by atoms with Crippen molar-refractivity contribution in [2.45, 2.75) is 38.8 Å². The van der Waals surface area contributed by atoms with E-state index in [4.69, 9.17) is 0 Å². The first-order valence-electron chi connectivity index (χ1n) is 9.23. The summed E-state index contributed by atoms with van der Waals surface area (Å²) in [6.07, 6.45) is 3.26. The van der Waals surface area contributed by atoms with E-state index in [9.17, 15) is 9.90 Å². The van der Waals surface area contributed by atoms with Crippen LogP contribution in [-0.2, 0) is 13.0 Å². The van der Waals surface area contributed by atoms with E-state index in [0.29, 0.717) is 18.5 Å². The predicted octanol–water partition coefficient (Wildman–Crippen LogP) is 4.21. The minimum Gasteiger partial charge on any atom is -0.390 e. The minimum atomic E-state index is -0.679.